The van der Waals surface area contributed by atoms with Crippen molar-refractivity contribution in [2.24, 2.45) is 5.10 Å². The first-order valence-corrected chi connectivity index (χ1v) is 5.13. The lowest BCUT2D eigenvalue weighted by Crippen LogP contribution is -2.30. The Labute approximate surface area is 111 Å². The molecule has 8 nitrogen and oxygen atoms in total. The quantitative estimate of drug-likeness (QED) is 0.292. The van der Waals surface area contributed by atoms with Gasteiger partial charge in [-0.2, -0.15) is 5.10 Å². The number of rotatable bonds is 3. The van der Waals surface area contributed by atoms with E-state index in [0.29, 0.717) is 0 Å². The number of hydrazone groups is 1. The Morgan fingerprint density at radius 3 is 2.67 bits per heavy atom. The lowest BCUT2D eigenvalue weighted by molar-refractivity contribution is -0.384. The van der Waals surface area contributed by atoms with Crippen molar-refractivity contribution in [3.05, 3.63) is 37.9 Å². The molecule has 1 rings (SSSR count). The molecule has 0 atom stereocenters. The molecule has 0 aliphatic carbocycles. The summed E-state index contributed by atoms with van der Waals surface area (Å²) in [5, 5.41) is 29.6. The molecule has 0 heterocycles. The van der Waals surface area contributed by atoms with Gasteiger partial charge >= 0.3 is 0 Å². The molecule has 0 radical (unpaired) electrons. The van der Waals surface area contributed by atoms with E-state index in [1.807, 2.05) is 0 Å². The highest BCUT2D eigenvalue weighted by Crippen LogP contribution is 2.32. The van der Waals surface area contributed by atoms with Crippen LogP contribution in [0.5, 0.6) is 0 Å². The summed E-state index contributed by atoms with van der Waals surface area (Å²) in [6.45, 7) is 0. The van der Waals surface area contributed by atoms with Crippen molar-refractivity contribution in [1.82, 2.24) is 10.9 Å². The molecular formula is C8H7Cl2N5O3. The number of halogens is 2. The van der Waals surface area contributed by atoms with Gasteiger partial charge in [0.25, 0.3) is 5.69 Å². The van der Waals surface area contributed by atoms with Crippen LogP contribution in [0.1, 0.15) is 5.56 Å². The molecule has 96 valence electrons. The van der Waals surface area contributed by atoms with E-state index in [2.05, 4.69) is 10.5 Å². The van der Waals surface area contributed by atoms with Crippen LogP contribution >= 0.6 is 23.2 Å². The fourth-order valence-electron chi connectivity index (χ4n) is 1.05. The van der Waals surface area contributed by atoms with E-state index in [9.17, 15) is 10.1 Å². The number of nitro benzene ring substituents is 1. The third kappa shape index (κ3) is 3.29. The van der Waals surface area contributed by atoms with Gasteiger partial charge in [0, 0.05) is 0 Å². The molecule has 1 aromatic rings. The molecule has 10 heteroatoms. The standard InChI is InChI=1S/C8H7Cl2N5O3/c9-5-1-2-6(10)7(15(17)18)4(5)3-12-13-8(11)14-16/h1-3,16H,(H3,11,13,14)/b12-3+. The molecule has 0 aliphatic rings. The third-order valence-corrected chi connectivity index (χ3v) is 2.41. The van der Waals surface area contributed by atoms with Crippen molar-refractivity contribution in [2.75, 3.05) is 0 Å². The van der Waals surface area contributed by atoms with E-state index in [4.69, 9.17) is 33.8 Å². The summed E-state index contributed by atoms with van der Waals surface area (Å²) in [6.07, 6.45) is 1.03. The summed E-state index contributed by atoms with van der Waals surface area (Å²) in [4.78, 5) is 10.1. The van der Waals surface area contributed by atoms with Crippen LogP contribution < -0.4 is 10.9 Å². The van der Waals surface area contributed by atoms with Gasteiger partial charge in [0.1, 0.15) is 5.02 Å². The van der Waals surface area contributed by atoms with Crippen molar-refractivity contribution in [2.45, 2.75) is 0 Å². The molecule has 0 saturated heterocycles. The van der Waals surface area contributed by atoms with Gasteiger partial charge in [0.15, 0.2) is 0 Å². The van der Waals surface area contributed by atoms with Crippen molar-refractivity contribution in [1.29, 1.82) is 5.41 Å². The van der Waals surface area contributed by atoms with E-state index in [0.717, 1.165) is 6.21 Å². The molecule has 0 aliphatic heterocycles. The fraction of sp³-hybridized carbons (Fsp3) is 0. The maximum absolute atomic E-state index is 10.8. The van der Waals surface area contributed by atoms with Crippen LogP contribution in [0.4, 0.5) is 5.69 Å². The first-order valence-electron chi connectivity index (χ1n) is 4.37. The number of nitrogens with one attached hydrogen (secondary N) is 3. The number of hydrogen-bond donors (Lipinski definition) is 4. The predicted molar refractivity (Wildman–Crippen MR) is 66.5 cm³/mol. The van der Waals surface area contributed by atoms with E-state index in [-0.39, 0.29) is 15.6 Å². The lowest BCUT2D eigenvalue weighted by atomic mass is 10.2. The summed E-state index contributed by atoms with van der Waals surface area (Å²) >= 11 is 11.5. The second kappa shape index (κ2) is 6.15. The first kappa shape index (κ1) is 14.2. The van der Waals surface area contributed by atoms with E-state index >= 15 is 0 Å². The highest BCUT2D eigenvalue weighted by atomic mass is 35.5. The fourth-order valence-corrected chi connectivity index (χ4v) is 1.49. The summed E-state index contributed by atoms with van der Waals surface area (Å²) < 4.78 is 0. The van der Waals surface area contributed by atoms with Crippen molar-refractivity contribution in [3.63, 3.8) is 0 Å². The number of hydroxylamine groups is 1. The second-order valence-corrected chi connectivity index (χ2v) is 3.72. The minimum atomic E-state index is -0.689. The van der Waals surface area contributed by atoms with Gasteiger partial charge in [-0.05, 0) is 12.1 Å². The lowest BCUT2D eigenvalue weighted by Gasteiger charge is -2.02. The van der Waals surface area contributed by atoms with Crippen LogP contribution in [-0.2, 0) is 0 Å². The first-order chi connectivity index (χ1) is 8.47. The van der Waals surface area contributed by atoms with Crippen LogP contribution in [0.3, 0.4) is 0 Å². The van der Waals surface area contributed by atoms with E-state index in [1.165, 1.54) is 17.6 Å². The zero-order chi connectivity index (χ0) is 13.7. The van der Waals surface area contributed by atoms with Gasteiger partial charge in [-0.1, -0.05) is 23.2 Å². The van der Waals surface area contributed by atoms with Crippen LogP contribution in [0, 0.1) is 15.5 Å². The molecule has 0 unspecified atom stereocenters. The third-order valence-electron chi connectivity index (χ3n) is 1.78. The number of guanidine groups is 1. The Kier molecular flexibility index (Phi) is 4.84. The second-order valence-electron chi connectivity index (χ2n) is 2.91. The zero-order valence-electron chi connectivity index (χ0n) is 8.65. The Morgan fingerprint density at radius 2 is 2.11 bits per heavy atom. The molecule has 0 bridgehead atoms. The highest BCUT2D eigenvalue weighted by molar-refractivity contribution is 6.37. The van der Waals surface area contributed by atoms with Crippen LogP contribution in [0.15, 0.2) is 17.2 Å². The molecule has 0 saturated carbocycles. The molecule has 1 aromatic carbocycles. The molecule has 4 N–H and O–H groups in total. The molecule has 0 amide bonds. The van der Waals surface area contributed by atoms with Crippen LogP contribution in [-0.4, -0.2) is 22.3 Å². The Bertz CT molecular complexity index is 520. The Hall–Kier alpha value is -1.90. The van der Waals surface area contributed by atoms with Gasteiger partial charge in [-0.15, -0.1) is 0 Å². The number of benzene rings is 1. The molecular weight excluding hydrogens is 285 g/mol. The van der Waals surface area contributed by atoms with Gasteiger partial charge < -0.3 is 0 Å². The normalized spacial score (nSPS) is 10.4. The summed E-state index contributed by atoms with van der Waals surface area (Å²) in [7, 11) is 0. The van der Waals surface area contributed by atoms with Crippen molar-refractivity contribution < 1.29 is 10.1 Å². The summed E-state index contributed by atoms with van der Waals surface area (Å²) in [5.41, 5.74) is 3.14. The molecule has 18 heavy (non-hydrogen) atoms. The van der Waals surface area contributed by atoms with Crippen LogP contribution in [0.25, 0.3) is 0 Å². The Morgan fingerprint density at radius 1 is 1.50 bits per heavy atom. The largest absolute Gasteiger partial charge is 0.298 e. The average Bonchev–Trinajstić information content (AvgIpc) is 2.32. The predicted octanol–water partition coefficient (Wildman–Crippen LogP) is 1.74. The SMILES string of the molecule is N=C(NO)N/N=C/c1c(Cl)ccc(Cl)c1[N+](=O)[O-]. The molecule has 0 aromatic heterocycles. The number of nitrogens with zero attached hydrogens (tertiary/aromatic N) is 2. The molecule has 0 fully saturated rings. The minimum absolute atomic E-state index is 0.00703. The zero-order valence-corrected chi connectivity index (χ0v) is 10.2. The summed E-state index contributed by atoms with van der Waals surface area (Å²) in [5.74, 6) is -0.507. The van der Waals surface area contributed by atoms with Gasteiger partial charge in [0.2, 0.25) is 5.96 Å². The minimum Gasteiger partial charge on any atom is -0.288 e. The van der Waals surface area contributed by atoms with Gasteiger partial charge in [-0.25, -0.2) is 10.9 Å². The average molecular weight is 292 g/mol. The topological polar surface area (TPSA) is 124 Å². The summed E-state index contributed by atoms with van der Waals surface area (Å²) in [6, 6.07) is 2.68. The van der Waals surface area contributed by atoms with Gasteiger partial charge in [0.05, 0.1) is 21.7 Å². The van der Waals surface area contributed by atoms with E-state index in [1.54, 1.807) is 0 Å². The van der Waals surface area contributed by atoms with Gasteiger partial charge in [-0.3, -0.25) is 20.7 Å². The maximum atomic E-state index is 10.8. The maximum Gasteiger partial charge on any atom is 0.298 e. The number of hydrogen-bond acceptors (Lipinski definition) is 5. The highest BCUT2D eigenvalue weighted by Gasteiger charge is 2.20. The van der Waals surface area contributed by atoms with E-state index < -0.39 is 16.6 Å². The van der Waals surface area contributed by atoms with Crippen molar-refractivity contribution in [3.8, 4) is 0 Å². The smallest absolute Gasteiger partial charge is 0.288 e. The monoisotopic (exact) mass is 291 g/mol. The van der Waals surface area contributed by atoms with Crippen molar-refractivity contribution >= 4 is 41.1 Å². The molecule has 0 spiro atoms. The number of nitro groups is 1. The van der Waals surface area contributed by atoms with Crippen LogP contribution in [0.2, 0.25) is 10.0 Å². The Balaban J connectivity index is 3.11.